The molecule has 0 saturated heterocycles. The van der Waals surface area contributed by atoms with Crippen molar-refractivity contribution in [2.75, 3.05) is 0 Å². The van der Waals surface area contributed by atoms with Gasteiger partial charge in [-0.3, -0.25) is 4.79 Å². The first-order chi connectivity index (χ1) is 16.7. The fourth-order valence-electron chi connectivity index (χ4n) is 4.15. The lowest BCUT2D eigenvalue weighted by Gasteiger charge is -2.38. The Hall–Kier alpha value is -2.50. The number of rotatable bonds is 9. The fraction of sp³-hybridized carbons (Fsp3) is 0.258. The van der Waals surface area contributed by atoms with Crippen LogP contribution in [0.3, 0.4) is 0 Å². The number of carbonyl (C=O) groups is 1. The van der Waals surface area contributed by atoms with Gasteiger partial charge in [-0.05, 0) is 45.8 Å². The first kappa shape index (κ1) is 26.1. The Morgan fingerprint density at radius 2 is 1.38 bits per heavy atom. The first-order valence-corrected chi connectivity index (χ1v) is 13.3. The summed E-state index contributed by atoms with van der Waals surface area (Å²) in [7, 11) is 0. The number of hydrogen-bond acceptors (Lipinski definition) is 2. The quantitative estimate of drug-likeness (QED) is 0.193. The van der Waals surface area contributed by atoms with Crippen molar-refractivity contribution in [3.8, 4) is 0 Å². The van der Waals surface area contributed by atoms with Gasteiger partial charge in [0.2, 0.25) is 0 Å². The average molecular weight is 565 g/mol. The zero-order valence-electron chi connectivity index (χ0n) is 19.8. The van der Waals surface area contributed by atoms with E-state index in [-0.39, 0.29) is 11.9 Å². The van der Waals surface area contributed by atoms with Gasteiger partial charge in [0.25, 0.3) is 0 Å². The Labute approximate surface area is 217 Å². The minimum atomic E-state index is -0.654. The van der Waals surface area contributed by atoms with Crippen molar-refractivity contribution >= 4 is 28.4 Å². The topological polar surface area (TPSA) is 26.3 Å². The summed E-state index contributed by atoms with van der Waals surface area (Å²) in [5, 5.41) is 0. The molecule has 0 N–H and O–H groups in total. The van der Waals surface area contributed by atoms with E-state index in [4.69, 9.17) is 4.74 Å². The highest BCUT2D eigenvalue weighted by atomic mass is 127. The molecule has 0 radical (unpaired) electrons. The summed E-state index contributed by atoms with van der Waals surface area (Å²) in [5.41, 5.74) is 2.79. The summed E-state index contributed by atoms with van der Waals surface area (Å²) >= 11 is 2.29. The lowest BCUT2D eigenvalue weighted by molar-refractivity contribution is -0.114. The maximum atomic E-state index is 10.2. The van der Waals surface area contributed by atoms with E-state index in [1.807, 2.05) is 6.08 Å². The van der Waals surface area contributed by atoms with Gasteiger partial charge in [0.05, 0.1) is 6.10 Å². The van der Waals surface area contributed by atoms with Gasteiger partial charge in [0.1, 0.15) is 5.60 Å². The lowest BCUT2D eigenvalue weighted by Crippen LogP contribution is -2.36. The standard InChI is InChI=1S/C26H27IO.C5H6O/c1-2-3-19-25(20-21-27)28-26(22-13-7-4-8-14-22,23-15-9-5-10-16-23)24-17-11-6-12-18-24;6-5-3-1-2-4-5/h4-18,20-21,25H,2-3,19H2,1H3;1,3H,2,4H2. The highest BCUT2D eigenvalue weighted by molar-refractivity contribution is 14.1. The van der Waals surface area contributed by atoms with Crippen molar-refractivity contribution in [3.05, 3.63) is 130 Å². The van der Waals surface area contributed by atoms with Crippen molar-refractivity contribution < 1.29 is 9.53 Å². The molecule has 1 unspecified atom stereocenters. The van der Waals surface area contributed by atoms with Crippen molar-refractivity contribution in [2.45, 2.75) is 50.7 Å². The van der Waals surface area contributed by atoms with Gasteiger partial charge in [0, 0.05) is 6.42 Å². The minimum absolute atomic E-state index is 0.0393. The molecule has 176 valence electrons. The molecule has 1 aliphatic carbocycles. The Morgan fingerprint density at radius 1 is 0.882 bits per heavy atom. The number of hydrogen-bond donors (Lipinski definition) is 0. The summed E-state index contributed by atoms with van der Waals surface area (Å²) < 4.78 is 9.12. The van der Waals surface area contributed by atoms with Crippen LogP contribution in [-0.4, -0.2) is 11.9 Å². The van der Waals surface area contributed by atoms with Crippen LogP contribution in [0.2, 0.25) is 0 Å². The van der Waals surface area contributed by atoms with E-state index in [0.717, 1.165) is 48.8 Å². The minimum Gasteiger partial charge on any atom is -0.354 e. The van der Waals surface area contributed by atoms with E-state index in [0.29, 0.717) is 0 Å². The molecule has 0 spiro atoms. The van der Waals surface area contributed by atoms with Crippen LogP contribution in [0, 0.1) is 0 Å². The van der Waals surface area contributed by atoms with Crippen molar-refractivity contribution in [3.63, 3.8) is 0 Å². The number of unbranched alkanes of at least 4 members (excludes halogenated alkanes) is 1. The average Bonchev–Trinajstić information content (AvgIpc) is 3.38. The third kappa shape index (κ3) is 7.00. The highest BCUT2D eigenvalue weighted by Crippen LogP contribution is 2.42. The summed E-state index contributed by atoms with van der Waals surface area (Å²) in [5.74, 6) is 0.273. The highest BCUT2D eigenvalue weighted by Gasteiger charge is 2.39. The van der Waals surface area contributed by atoms with Gasteiger partial charge in [0.15, 0.2) is 5.78 Å². The SMILES string of the molecule is CCCCC(C=CI)OC(c1ccccc1)(c1ccccc1)c1ccccc1.O=C1C=CCC1. The molecule has 0 saturated carbocycles. The number of ether oxygens (including phenoxy) is 1. The molecule has 1 atom stereocenters. The molecule has 34 heavy (non-hydrogen) atoms. The molecule has 0 heterocycles. The predicted molar refractivity (Wildman–Crippen MR) is 150 cm³/mol. The van der Waals surface area contributed by atoms with E-state index < -0.39 is 5.60 Å². The van der Waals surface area contributed by atoms with Crippen LogP contribution in [0.25, 0.3) is 0 Å². The van der Waals surface area contributed by atoms with Gasteiger partial charge >= 0.3 is 0 Å². The summed E-state index contributed by atoms with van der Waals surface area (Å²) in [4.78, 5) is 10.2. The van der Waals surface area contributed by atoms with Crippen molar-refractivity contribution in [2.24, 2.45) is 0 Å². The van der Waals surface area contributed by atoms with E-state index in [1.165, 1.54) is 0 Å². The second kappa shape index (κ2) is 14.0. The molecule has 4 rings (SSSR count). The number of benzene rings is 3. The van der Waals surface area contributed by atoms with Crippen LogP contribution in [0.15, 0.2) is 113 Å². The molecule has 0 fully saturated rings. The van der Waals surface area contributed by atoms with E-state index in [9.17, 15) is 4.79 Å². The van der Waals surface area contributed by atoms with Crippen LogP contribution < -0.4 is 0 Å². The Bertz CT molecular complexity index is 946. The third-order valence-corrected chi connectivity index (χ3v) is 6.28. The molecule has 3 heteroatoms. The summed E-state index contributed by atoms with van der Waals surface area (Å²) in [6.45, 7) is 2.23. The molecule has 2 nitrogen and oxygen atoms in total. The second-order valence-electron chi connectivity index (χ2n) is 8.30. The van der Waals surface area contributed by atoms with Gasteiger partial charge in [-0.2, -0.15) is 0 Å². The molecule has 3 aromatic carbocycles. The van der Waals surface area contributed by atoms with Crippen molar-refractivity contribution in [1.82, 2.24) is 0 Å². The Kier molecular flexibility index (Phi) is 10.8. The first-order valence-electron chi connectivity index (χ1n) is 12.0. The predicted octanol–water partition coefficient (Wildman–Crippen LogP) is 8.41. The normalized spacial score (nSPS) is 14.1. The van der Waals surface area contributed by atoms with Gasteiger partial charge in [-0.15, -0.1) is 0 Å². The largest absolute Gasteiger partial charge is 0.354 e. The molecular weight excluding hydrogens is 531 g/mol. The Balaban J connectivity index is 0.000000469. The maximum Gasteiger partial charge on any atom is 0.155 e. The smallest absolute Gasteiger partial charge is 0.155 e. The van der Waals surface area contributed by atoms with Crippen molar-refractivity contribution in [1.29, 1.82) is 0 Å². The molecule has 3 aromatic rings. The monoisotopic (exact) mass is 564 g/mol. The van der Waals surface area contributed by atoms with E-state index in [1.54, 1.807) is 6.08 Å². The number of carbonyl (C=O) groups excluding carboxylic acids is 1. The van der Waals surface area contributed by atoms with Crippen LogP contribution >= 0.6 is 22.6 Å². The lowest BCUT2D eigenvalue weighted by atomic mass is 9.79. The fourth-order valence-corrected chi connectivity index (χ4v) is 4.62. The number of halogens is 1. The molecule has 0 aromatic heterocycles. The number of allylic oxidation sites excluding steroid dienone is 2. The molecule has 1 aliphatic rings. The molecular formula is C31H33IO2. The van der Waals surface area contributed by atoms with Crippen LogP contribution in [0.4, 0.5) is 0 Å². The maximum absolute atomic E-state index is 10.2. The van der Waals surface area contributed by atoms with Gasteiger partial charge < -0.3 is 4.74 Å². The molecule has 0 aliphatic heterocycles. The van der Waals surface area contributed by atoms with Crippen LogP contribution in [0.1, 0.15) is 55.7 Å². The number of ketones is 1. The van der Waals surface area contributed by atoms with E-state index in [2.05, 4.69) is 131 Å². The second-order valence-corrected chi connectivity index (χ2v) is 9.02. The van der Waals surface area contributed by atoms with E-state index >= 15 is 0 Å². The zero-order chi connectivity index (χ0) is 24.1. The molecule has 0 bridgehead atoms. The summed E-state index contributed by atoms with van der Waals surface area (Å²) in [6, 6.07) is 31.8. The van der Waals surface area contributed by atoms with Gasteiger partial charge in [-0.1, -0.05) is 139 Å². The van der Waals surface area contributed by atoms with Gasteiger partial charge in [-0.25, -0.2) is 0 Å². The van der Waals surface area contributed by atoms with Crippen LogP contribution in [0.5, 0.6) is 0 Å². The third-order valence-electron chi connectivity index (χ3n) is 5.86. The summed E-state index contributed by atoms with van der Waals surface area (Å²) in [6.07, 6.45) is 10.8. The zero-order valence-corrected chi connectivity index (χ0v) is 21.9. The Morgan fingerprint density at radius 3 is 1.71 bits per heavy atom. The van der Waals surface area contributed by atoms with Crippen LogP contribution in [-0.2, 0) is 15.1 Å². The molecule has 0 amide bonds.